The van der Waals surface area contributed by atoms with E-state index in [-0.39, 0.29) is 22.8 Å². The third-order valence-corrected chi connectivity index (χ3v) is 6.61. The number of hydrogen-bond acceptors (Lipinski definition) is 7. The van der Waals surface area contributed by atoms with Gasteiger partial charge in [-0.25, -0.2) is 18.4 Å². The van der Waals surface area contributed by atoms with E-state index in [1.165, 1.54) is 28.3 Å². The molecule has 2 aromatic carbocycles. The number of nitrogens with zero attached hydrogens (tertiary/aromatic N) is 3. The highest BCUT2D eigenvalue weighted by Crippen LogP contribution is 2.28. The number of sulfone groups is 1. The van der Waals surface area contributed by atoms with Crippen LogP contribution < -0.4 is 10.9 Å². The third-order valence-electron chi connectivity index (χ3n) is 4.57. The van der Waals surface area contributed by atoms with Gasteiger partial charge in [-0.2, -0.15) is 0 Å². The smallest absolute Gasteiger partial charge is 0.261 e. The average molecular weight is 443 g/mol. The first-order valence-corrected chi connectivity index (χ1v) is 11.9. The average Bonchev–Trinajstić information content (AvgIpc) is 3.10. The minimum absolute atomic E-state index is 0.131. The number of para-hydroxylation sites is 1. The summed E-state index contributed by atoms with van der Waals surface area (Å²) in [5.41, 5.74) is 1.14. The number of rotatable bonds is 6. The van der Waals surface area contributed by atoms with Gasteiger partial charge in [0.15, 0.2) is 15.0 Å². The predicted molar refractivity (Wildman–Crippen MR) is 117 cm³/mol. The van der Waals surface area contributed by atoms with Gasteiger partial charge in [0.05, 0.1) is 32.3 Å². The van der Waals surface area contributed by atoms with Crippen LogP contribution in [-0.2, 0) is 21.2 Å². The van der Waals surface area contributed by atoms with Crippen LogP contribution in [0.5, 0.6) is 0 Å². The van der Waals surface area contributed by atoms with Gasteiger partial charge in [-0.15, -0.1) is 0 Å². The first kappa shape index (κ1) is 20.2. The maximum Gasteiger partial charge on any atom is 0.261 e. The number of amides is 1. The molecule has 2 aromatic heterocycles. The Kier molecular flexibility index (Phi) is 5.35. The Morgan fingerprint density at radius 3 is 2.77 bits per heavy atom. The number of nitrogens with one attached hydrogen (secondary N) is 1. The molecule has 8 nitrogen and oxygen atoms in total. The van der Waals surface area contributed by atoms with Crippen LogP contribution in [0.25, 0.3) is 21.1 Å². The van der Waals surface area contributed by atoms with Crippen molar-refractivity contribution in [1.82, 2.24) is 14.5 Å². The fourth-order valence-electron chi connectivity index (χ4n) is 3.05. The van der Waals surface area contributed by atoms with Crippen molar-refractivity contribution in [2.75, 3.05) is 11.6 Å². The van der Waals surface area contributed by atoms with Crippen LogP contribution in [0.1, 0.15) is 12.8 Å². The molecule has 0 fully saturated rings. The summed E-state index contributed by atoms with van der Waals surface area (Å²) < 4.78 is 25.5. The molecule has 4 rings (SSSR count). The highest BCUT2D eigenvalue weighted by atomic mass is 32.2. The number of carbonyl (C=O) groups excluding carboxylic acids is 1. The maximum absolute atomic E-state index is 12.5. The number of hydrogen-bond donors (Lipinski definition) is 1. The van der Waals surface area contributed by atoms with E-state index in [1.807, 2.05) is 6.07 Å². The summed E-state index contributed by atoms with van der Waals surface area (Å²) in [6.07, 6.45) is 3.32. The molecule has 2 heterocycles. The Balaban J connectivity index is 1.39. The minimum Gasteiger partial charge on any atom is -0.302 e. The molecule has 0 saturated heterocycles. The standard InChI is InChI=1S/C20H18N4O4S2/c1-30(27,28)13-8-9-16-17(11-13)29-20(22-16)23-18(25)7-4-10-24-12-21-15-6-3-2-5-14(15)19(24)26/h2-3,5-6,8-9,11-12H,4,7,10H2,1H3,(H,22,23,25). The molecule has 0 bridgehead atoms. The second-order valence-electron chi connectivity index (χ2n) is 6.83. The largest absolute Gasteiger partial charge is 0.302 e. The molecule has 0 aliphatic carbocycles. The molecular weight excluding hydrogens is 424 g/mol. The molecule has 30 heavy (non-hydrogen) atoms. The van der Waals surface area contributed by atoms with Gasteiger partial charge >= 0.3 is 0 Å². The van der Waals surface area contributed by atoms with E-state index in [0.717, 1.165) is 6.26 Å². The normalized spacial score (nSPS) is 11.8. The number of anilines is 1. The zero-order valence-corrected chi connectivity index (χ0v) is 17.7. The van der Waals surface area contributed by atoms with Crippen molar-refractivity contribution in [3.8, 4) is 0 Å². The molecule has 10 heteroatoms. The molecule has 0 aliphatic rings. The number of fused-ring (bicyclic) bond motifs is 2. The van der Waals surface area contributed by atoms with Crippen LogP contribution >= 0.6 is 11.3 Å². The Bertz CT molecular complexity index is 1420. The summed E-state index contributed by atoms with van der Waals surface area (Å²) in [5, 5.41) is 3.69. The molecule has 0 aliphatic heterocycles. The number of thiazole rings is 1. The summed E-state index contributed by atoms with van der Waals surface area (Å²) in [5.74, 6) is -0.223. The van der Waals surface area contributed by atoms with E-state index >= 15 is 0 Å². The van der Waals surface area contributed by atoms with Crippen LogP contribution in [0.4, 0.5) is 5.13 Å². The Morgan fingerprint density at radius 2 is 1.97 bits per heavy atom. The zero-order valence-electron chi connectivity index (χ0n) is 16.0. The van der Waals surface area contributed by atoms with Gasteiger partial charge in [-0.3, -0.25) is 14.2 Å². The van der Waals surface area contributed by atoms with E-state index in [2.05, 4.69) is 15.3 Å². The molecule has 0 unspecified atom stereocenters. The Hall–Kier alpha value is -3.11. The number of aryl methyl sites for hydroxylation is 1. The lowest BCUT2D eigenvalue weighted by atomic mass is 10.2. The van der Waals surface area contributed by atoms with Gasteiger partial charge < -0.3 is 5.32 Å². The molecule has 0 atom stereocenters. The first-order chi connectivity index (χ1) is 14.3. The monoisotopic (exact) mass is 442 g/mol. The predicted octanol–water partition coefficient (Wildman–Crippen LogP) is 2.83. The Morgan fingerprint density at radius 1 is 1.17 bits per heavy atom. The molecule has 0 spiro atoms. The second-order valence-corrected chi connectivity index (χ2v) is 9.88. The van der Waals surface area contributed by atoms with Crippen molar-refractivity contribution in [3.63, 3.8) is 0 Å². The summed E-state index contributed by atoms with van der Waals surface area (Å²) >= 11 is 1.22. The van der Waals surface area contributed by atoms with Crippen LogP contribution in [0.15, 0.2) is 58.5 Å². The van der Waals surface area contributed by atoms with Gasteiger partial charge in [0, 0.05) is 19.2 Å². The summed E-state index contributed by atoms with van der Waals surface area (Å²) in [4.78, 5) is 33.5. The summed E-state index contributed by atoms with van der Waals surface area (Å²) in [7, 11) is -3.31. The zero-order chi connectivity index (χ0) is 21.3. The molecule has 1 N–H and O–H groups in total. The van der Waals surface area contributed by atoms with Crippen molar-refractivity contribution >= 4 is 53.3 Å². The van der Waals surface area contributed by atoms with Crippen LogP contribution in [0, 0.1) is 0 Å². The lowest BCUT2D eigenvalue weighted by Gasteiger charge is -2.06. The van der Waals surface area contributed by atoms with Crippen LogP contribution in [0.2, 0.25) is 0 Å². The molecular formula is C20H18N4O4S2. The lowest BCUT2D eigenvalue weighted by Crippen LogP contribution is -2.21. The highest BCUT2D eigenvalue weighted by molar-refractivity contribution is 7.90. The highest BCUT2D eigenvalue weighted by Gasteiger charge is 2.12. The van der Waals surface area contributed by atoms with E-state index < -0.39 is 9.84 Å². The fraction of sp³-hybridized carbons (Fsp3) is 0.200. The van der Waals surface area contributed by atoms with Crippen molar-refractivity contribution in [2.45, 2.75) is 24.3 Å². The van der Waals surface area contributed by atoms with Crippen molar-refractivity contribution in [3.05, 3.63) is 59.1 Å². The lowest BCUT2D eigenvalue weighted by molar-refractivity contribution is -0.116. The molecule has 154 valence electrons. The van der Waals surface area contributed by atoms with Crippen molar-refractivity contribution in [2.24, 2.45) is 0 Å². The first-order valence-electron chi connectivity index (χ1n) is 9.16. The topological polar surface area (TPSA) is 111 Å². The van der Waals surface area contributed by atoms with Crippen molar-refractivity contribution < 1.29 is 13.2 Å². The van der Waals surface area contributed by atoms with Gasteiger partial charge in [-0.05, 0) is 36.8 Å². The number of aromatic nitrogens is 3. The molecule has 1 amide bonds. The fourth-order valence-corrected chi connectivity index (χ4v) is 4.69. The minimum atomic E-state index is -3.31. The SMILES string of the molecule is CS(=O)(=O)c1ccc2nc(NC(=O)CCCn3cnc4ccccc4c3=O)sc2c1. The second kappa shape index (κ2) is 7.96. The van der Waals surface area contributed by atoms with E-state index in [1.54, 1.807) is 30.3 Å². The van der Waals surface area contributed by atoms with E-state index in [0.29, 0.717) is 39.2 Å². The van der Waals surface area contributed by atoms with Crippen LogP contribution in [0.3, 0.4) is 0 Å². The Labute approximate surface area is 176 Å². The van der Waals surface area contributed by atoms with Gasteiger partial charge in [0.1, 0.15) is 0 Å². The van der Waals surface area contributed by atoms with Gasteiger partial charge in [-0.1, -0.05) is 23.5 Å². The quantitative estimate of drug-likeness (QED) is 0.492. The third kappa shape index (κ3) is 4.24. The maximum atomic E-state index is 12.5. The molecule has 0 radical (unpaired) electrons. The van der Waals surface area contributed by atoms with Gasteiger partial charge in [0.25, 0.3) is 5.56 Å². The summed E-state index contributed by atoms with van der Waals surface area (Å²) in [6.45, 7) is 0.377. The van der Waals surface area contributed by atoms with E-state index in [9.17, 15) is 18.0 Å². The van der Waals surface area contributed by atoms with Gasteiger partial charge in [0.2, 0.25) is 5.91 Å². The number of carbonyl (C=O) groups is 1. The van der Waals surface area contributed by atoms with E-state index in [4.69, 9.17) is 0 Å². The number of benzene rings is 2. The molecule has 4 aromatic rings. The van der Waals surface area contributed by atoms with Crippen LogP contribution in [-0.4, -0.2) is 35.1 Å². The molecule has 0 saturated carbocycles. The summed E-state index contributed by atoms with van der Waals surface area (Å²) in [6, 6.07) is 11.8. The van der Waals surface area contributed by atoms with Crippen molar-refractivity contribution in [1.29, 1.82) is 0 Å².